The molecule has 3 rings (SSSR count). The average molecular weight is 273 g/mol. The van der Waals surface area contributed by atoms with Crippen LogP contribution in [0.3, 0.4) is 0 Å². The van der Waals surface area contributed by atoms with Gasteiger partial charge in [0.15, 0.2) is 11.5 Å². The van der Waals surface area contributed by atoms with E-state index in [1.54, 1.807) is 0 Å². The maximum Gasteiger partial charge on any atom is 0.231 e. The van der Waals surface area contributed by atoms with Gasteiger partial charge in [-0.3, -0.25) is 0 Å². The second-order valence-corrected chi connectivity index (χ2v) is 4.94. The molecule has 1 aromatic heterocycles. The van der Waals surface area contributed by atoms with Crippen LogP contribution in [0.5, 0.6) is 11.5 Å². The molecule has 0 bridgehead atoms. The number of rotatable bonds is 6. The summed E-state index contributed by atoms with van der Waals surface area (Å²) >= 11 is 0. The van der Waals surface area contributed by atoms with Crippen molar-refractivity contribution in [1.29, 1.82) is 0 Å². The Kier molecular flexibility index (Phi) is 3.87. The van der Waals surface area contributed by atoms with Crippen molar-refractivity contribution in [3.63, 3.8) is 0 Å². The van der Waals surface area contributed by atoms with Gasteiger partial charge in [-0.15, -0.1) is 0 Å². The average Bonchev–Trinajstić information content (AvgIpc) is 3.13. The van der Waals surface area contributed by atoms with E-state index < -0.39 is 0 Å². The Balaban J connectivity index is 1.48. The second kappa shape index (κ2) is 5.96. The van der Waals surface area contributed by atoms with Crippen molar-refractivity contribution in [1.82, 2.24) is 14.9 Å². The lowest BCUT2D eigenvalue weighted by atomic mass is 10.1. The van der Waals surface area contributed by atoms with Crippen LogP contribution in [0.25, 0.3) is 0 Å². The summed E-state index contributed by atoms with van der Waals surface area (Å²) < 4.78 is 12.8. The van der Waals surface area contributed by atoms with E-state index in [0.717, 1.165) is 31.0 Å². The molecule has 1 unspecified atom stereocenters. The smallest absolute Gasteiger partial charge is 0.231 e. The Labute approximate surface area is 118 Å². The number of hydrogen-bond donors (Lipinski definition) is 1. The minimum absolute atomic E-state index is 0.298. The van der Waals surface area contributed by atoms with Gasteiger partial charge in [-0.1, -0.05) is 6.07 Å². The summed E-state index contributed by atoms with van der Waals surface area (Å²) in [5.41, 5.74) is 1.22. The lowest BCUT2D eigenvalue weighted by molar-refractivity contribution is 0.174. The Morgan fingerprint density at radius 3 is 3.10 bits per heavy atom. The normalized spacial score (nSPS) is 14.4. The van der Waals surface area contributed by atoms with Crippen LogP contribution in [0.15, 0.2) is 36.9 Å². The SMILES string of the molecule is CC(NCCCn1ccnc1)c1ccc2c(c1)OCO2. The van der Waals surface area contributed by atoms with Crippen molar-refractivity contribution in [2.75, 3.05) is 13.3 Å². The molecule has 2 aromatic rings. The van der Waals surface area contributed by atoms with E-state index in [2.05, 4.69) is 33.9 Å². The molecule has 2 heterocycles. The first-order valence-corrected chi connectivity index (χ1v) is 6.91. The first-order chi connectivity index (χ1) is 9.83. The molecule has 1 N–H and O–H groups in total. The zero-order valence-corrected chi connectivity index (χ0v) is 11.6. The van der Waals surface area contributed by atoms with Crippen LogP contribution >= 0.6 is 0 Å². The van der Waals surface area contributed by atoms with E-state index in [0.29, 0.717) is 12.8 Å². The zero-order chi connectivity index (χ0) is 13.8. The first-order valence-electron chi connectivity index (χ1n) is 6.91. The van der Waals surface area contributed by atoms with Crippen molar-refractivity contribution in [2.45, 2.75) is 25.9 Å². The number of aromatic nitrogens is 2. The van der Waals surface area contributed by atoms with Gasteiger partial charge in [0, 0.05) is 25.0 Å². The zero-order valence-electron chi connectivity index (χ0n) is 11.6. The fourth-order valence-corrected chi connectivity index (χ4v) is 2.30. The van der Waals surface area contributed by atoms with Crippen LogP contribution in [-0.4, -0.2) is 22.9 Å². The molecule has 0 radical (unpaired) electrons. The fourth-order valence-electron chi connectivity index (χ4n) is 2.30. The minimum Gasteiger partial charge on any atom is -0.454 e. The van der Waals surface area contributed by atoms with Crippen molar-refractivity contribution in [3.8, 4) is 11.5 Å². The van der Waals surface area contributed by atoms with Gasteiger partial charge in [-0.25, -0.2) is 4.98 Å². The first kappa shape index (κ1) is 13.0. The molecular formula is C15H19N3O2. The highest BCUT2D eigenvalue weighted by Gasteiger charge is 2.15. The van der Waals surface area contributed by atoms with Crippen molar-refractivity contribution in [2.24, 2.45) is 0 Å². The topological polar surface area (TPSA) is 48.3 Å². The van der Waals surface area contributed by atoms with Crippen molar-refractivity contribution >= 4 is 0 Å². The lowest BCUT2D eigenvalue weighted by Gasteiger charge is -2.14. The van der Waals surface area contributed by atoms with E-state index >= 15 is 0 Å². The van der Waals surface area contributed by atoms with Crippen LogP contribution in [0.2, 0.25) is 0 Å². The van der Waals surface area contributed by atoms with Crippen LogP contribution in [0.1, 0.15) is 24.9 Å². The molecule has 0 spiro atoms. The Hall–Kier alpha value is -2.01. The third-order valence-electron chi connectivity index (χ3n) is 3.50. The number of hydrogen-bond acceptors (Lipinski definition) is 4. The van der Waals surface area contributed by atoms with E-state index in [1.807, 2.05) is 24.8 Å². The molecule has 1 aromatic carbocycles. The molecule has 1 aliphatic heterocycles. The highest BCUT2D eigenvalue weighted by Crippen LogP contribution is 2.34. The minimum atomic E-state index is 0.298. The van der Waals surface area contributed by atoms with Gasteiger partial charge in [0.25, 0.3) is 0 Å². The Bertz CT molecular complexity index is 554. The fraction of sp³-hybridized carbons (Fsp3) is 0.400. The molecule has 0 saturated carbocycles. The number of aryl methyl sites for hydroxylation is 1. The molecule has 0 amide bonds. The largest absolute Gasteiger partial charge is 0.454 e. The molecular weight excluding hydrogens is 254 g/mol. The molecule has 0 fully saturated rings. The maximum absolute atomic E-state index is 5.40. The summed E-state index contributed by atoms with van der Waals surface area (Å²) in [6, 6.07) is 6.41. The molecule has 106 valence electrons. The lowest BCUT2D eigenvalue weighted by Crippen LogP contribution is -2.20. The molecule has 5 heteroatoms. The maximum atomic E-state index is 5.40. The van der Waals surface area contributed by atoms with Crippen LogP contribution in [0.4, 0.5) is 0 Å². The Morgan fingerprint density at radius 2 is 2.25 bits per heavy atom. The van der Waals surface area contributed by atoms with Gasteiger partial charge in [0.05, 0.1) is 6.33 Å². The quantitative estimate of drug-likeness (QED) is 0.821. The summed E-state index contributed by atoms with van der Waals surface area (Å²) in [5, 5.41) is 3.52. The van der Waals surface area contributed by atoms with E-state index in [4.69, 9.17) is 9.47 Å². The molecule has 1 atom stereocenters. The number of fused-ring (bicyclic) bond motifs is 1. The predicted octanol–water partition coefficient (Wildman–Crippen LogP) is 2.35. The molecule has 20 heavy (non-hydrogen) atoms. The Morgan fingerprint density at radius 1 is 1.35 bits per heavy atom. The van der Waals surface area contributed by atoms with Crippen molar-refractivity contribution < 1.29 is 9.47 Å². The summed E-state index contributed by atoms with van der Waals surface area (Å²) in [4.78, 5) is 4.03. The number of ether oxygens (including phenoxy) is 2. The van der Waals surface area contributed by atoms with Gasteiger partial charge >= 0.3 is 0 Å². The molecule has 1 aliphatic rings. The van der Waals surface area contributed by atoms with Gasteiger partial charge < -0.3 is 19.4 Å². The molecule has 0 aliphatic carbocycles. The third-order valence-corrected chi connectivity index (χ3v) is 3.50. The highest BCUT2D eigenvalue weighted by atomic mass is 16.7. The standard InChI is InChI=1S/C15H19N3O2/c1-12(17-5-2-7-18-8-6-16-10-18)13-3-4-14-15(9-13)20-11-19-14/h3-4,6,8-10,12,17H,2,5,7,11H2,1H3. The van der Waals surface area contributed by atoms with E-state index in [9.17, 15) is 0 Å². The van der Waals surface area contributed by atoms with Crippen molar-refractivity contribution in [3.05, 3.63) is 42.5 Å². The van der Waals surface area contributed by atoms with Crippen LogP contribution in [-0.2, 0) is 6.54 Å². The summed E-state index contributed by atoms with van der Waals surface area (Å²) in [6.45, 7) is 4.44. The monoisotopic (exact) mass is 273 g/mol. The van der Waals surface area contributed by atoms with Gasteiger partial charge in [0.2, 0.25) is 6.79 Å². The second-order valence-electron chi connectivity index (χ2n) is 4.94. The van der Waals surface area contributed by atoms with E-state index in [1.165, 1.54) is 5.56 Å². The van der Waals surface area contributed by atoms with Crippen LogP contribution < -0.4 is 14.8 Å². The number of imidazole rings is 1. The van der Waals surface area contributed by atoms with Gasteiger partial charge in [-0.05, 0) is 37.6 Å². The number of nitrogens with zero attached hydrogens (tertiary/aromatic N) is 2. The van der Waals surface area contributed by atoms with Gasteiger partial charge in [0.1, 0.15) is 0 Å². The number of nitrogens with one attached hydrogen (secondary N) is 1. The summed E-state index contributed by atoms with van der Waals surface area (Å²) in [5.74, 6) is 1.68. The van der Waals surface area contributed by atoms with Gasteiger partial charge in [-0.2, -0.15) is 0 Å². The van der Waals surface area contributed by atoms with E-state index in [-0.39, 0.29) is 0 Å². The van der Waals surface area contributed by atoms with Crippen LogP contribution in [0, 0.1) is 0 Å². The molecule has 0 saturated heterocycles. The predicted molar refractivity (Wildman–Crippen MR) is 75.8 cm³/mol. The number of benzene rings is 1. The summed E-state index contributed by atoms with van der Waals surface area (Å²) in [7, 11) is 0. The molecule has 5 nitrogen and oxygen atoms in total. The summed E-state index contributed by atoms with van der Waals surface area (Å²) in [6.07, 6.45) is 6.72. The highest BCUT2D eigenvalue weighted by molar-refractivity contribution is 5.45. The third kappa shape index (κ3) is 2.93.